The molecule has 0 unspecified atom stereocenters. The number of aliphatic hydroxyl groups is 1. The summed E-state index contributed by atoms with van der Waals surface area (Å²) in [5.41, 5.74) is -0.729. The average Bonchev–Trinajstić information content (AvgIpc) is 3.01. The van der Waals surface area contributed by atoms with E-state index in [0.29, 0.717) is 5.56 Å². The van der Waals surface area contributed by atoms with Crippen molar-refractivity contribution in [3.63, 3.8) is 0 Å². The van der Waals surface area contributed by atoms with E-state index in [1.807, 2.05) is 0 Å². The fourth-order valence-corrected chi connectivity index (χ4v) is 3.93. The molecular weight excluding hydrogens is 432 g/mol. The second-order valence-electron chi connectivity index (χ2n) is 8.46. The Morgan fingerprint density at radius 3 is 2.54 bits per heavy atom. The van der Waals surface area contributed by atoms with Crippen LogP contribution in [0, 0.1) is 5.92 Å². The third-order valence-corrected chi connectivity index (χ3v) is 5.82. The molecular formula is C21H28BrF2NO3. The summed E-state index contributed by atoms with van der Waals surface area (Å²) in [5, 5.41) is 11.3. The molecule has 2 atom stereocenters. The first-order valence-electron chi connectivity index (χ1n) is 9.45. The van der Waals surface area contributed by atoms with Crippen molar-refractivity contribution in [2.45, 2.75) is 37.2 Å². The number of esters is 1. The molecule has 156 valence electrons. The van der Waals surface area contributed by atoms with Crippen LogP contribution in [0.4, 0.5) is 8.78 Å². The van der Waals surface area contributed by atoms with Crippen molar-refractivity contribution in [3.8, 4) is 0 Å². The van der Waals surface area contributed by atoms with Crippen LogP contribution in [0.3, 0.4) is 0 Å². The number of alkyl halides is 2. The number of quaternary nitrogens is 1. The van der Waals surface area contributed by atoms with Gasteiger partial charge in [0.2, 0.25) is 5.92 Å². The van der Waals surface area contributed by atoms with Gasteiger partial charge < -0.3 is 31.3 Å². The summed E-state index contributed by atoms with van der Waals surface area (Å²) in [5.74, 6) is -4.56. The molecule has 2 aliphatic rings. The van der Waals surface area contributed by atoms with Crippen LogP contribution < -0.4 is 17.0 Å². The van der Waals surface area contributed by atoms with E-state index in [0.717, 1.165) is 29.6 Å². The maximum atomic E-state index is 13.8. The van der Waals surface area contributed by atoms with E-state index >= 15 is 0 Å². The molecule has 0 aromatic heterocycles. The lowest BCUT2D eigenvalue weighted by atomic mass is 9.80. The Labute approximate surface area is 175 Å². The van der Waals surface area contributed by atoms with Gasteiger partial charge >= 0.3 is 5.97 Å². The van der Waals surface area contributed by atoms with Crippen molar-refractivity contribution >= 4 is 5.97 Å². The van der Waals surface area contributed by atoms with Crippen molar-refractivity contribution < 1.29 is 44.9 Å². The lowest BCUT2D eigenvalue weighted by Crippen LogP contribution is -3.00. The van der Waals surface area contributed by atoms with Crippen molar-refractivity contribution in [3.05, 3.63) is 47.5 Å². The molecule has 0 bridgehead atoms. The minimum absolute atomic E-state index is 0. The first kappa shape index (κ1) is 23.0. The molecule has 0 radical (unpaired) electrons. The fraction of sp³-hybridized carbons (Fsp3) is 0.571. The molecule has 4 nitrogen and oxygen atoms in total. The van der Waals surface area contributed by atoms with Gasteiger partial charge in [0.05, 0.1) is 27.2 Å². The van der Waals surface area contributed by atoms with Crippen LogP contribution in [0.5, 0.6) is 0 Å². The van der Waals surface area contributed by atoms with Crippen LogP contribution in [-0.4, -0.2) is 55.3 Å². The maximum absolute atomic E-state index is 13.8. The van der Waals surface area contributed by atoms with E-state index in [1.54, 1.807) is 30.3 Å². The quantitative estimate of drug-likeness (QED) is 0.390. The van der Waals surface area contributed by atoms with Crippen molar-refractivity contribution in [1.82, 2.24) is 0 Å². The van der Waals surface area contributed by atoms with Gasteiger partial charge in [-0.15, -0.1) is 0 Å². The second kappa shape index (κ2) is 8.59. The Morgan fingerprint density at radius 2 is 2.00 bits per heavy atom. The van der Waals surface area contributed by atoms with Gasteiger partial charge in [-0.05, 0) is 23.6 Å². The second-order valence-corrected chi connectivity index (χ2v) is 8.46. The molecule has 7 heteroatoms. The number of likely N-dealkylation sites (N-methyl/N-ethyl adjacent to an activating group) is 1. The number of hydrogen-bond acceptors (Lipinski definition) is 3. The predicted molar refractivity (Wildman–Crippen MR) is 98.1 cm³/mol. The zero-order valence-corrected chi connectivity index (χ0v) is 17.9. The van der Waals surface area contributed by atoms with E-state index in [-0.39, 0.29) is 36.4 Å². The number of benzene rings is 1. The van der Waals surface area contributed by atoms with Gasteiger partial charge in [0.15, 0.2) is 5.60 Å². The number of halogens is 3. The molecule has 0 spiro atoms. The van der Waals surface area contributed by atoms with Crippen LogP contribution in [0.1, 0.15) is 31.2 Å². The number of hydrogen-bond donors (Lipinski definition) is 1. The zero-order chi connectivity index (χ0) is 19.7. The number of ether oxygens (including phenoxy) is 1. The lowest BCUT2D eigenvalue weighted by molar-refractivity contribution is -0.886. The molecule has 1 N–H and O–H groups in total. The Bertz CT molecular complexity index is 724. The third-order valence-electron chi connectivity index (χ3n) is 5.82. The number of rotatable bonds is 5. The monoisotopic (exact) mass is 459 g/mol. The van der Waals surface area contributed by atoms with Crippen LogP contribution in [0.25, 0.3) is 0 Å². The van der Waals surface area contributed by atoms with Gasteiger partial charge in [-0.1, -0.05) is 30.3 Å². The Kier molecular flexibility index (Phi) is 7.05. The van der Waals surface area contributed by atoms with Crippen LogP contribution >= 0.6 is 0 Å². The topological polar surface area (TPSA) is 46.5 Å². The standard InChI is InChI=1S/C21H28F2NO3.BrH/c1-24(2)12-9-16(10-13-24)15-27-19(25)21(26,17-6-4-3-5-7-17)18-8-11-20(22,23)14-18;/h3-7,9,18,26H,8,10-15H2,1-2H3;1H/q+1;/p-1/t18-,21+;/m1./s1. The normalized spacial score (nSPS) is 25.2. The summed E-state index contributed by atoms with van der Waals surface area (Å²) in [7, 11) is 4.27. The van der Waals surface area contributed by atoms with Crippen LogP contribution in [-0.2, 0) is 15.1 Å². The molecule has 1 aliphatic heterocycles. The summed E-state index contributed by atoms with van der Waals surface area (Å²) in [6, 6.07) is 8.31. The Morgan fingerprint density at radius 1 is 1.32 bits per heavy atom. The molecule has 28 heavy (non-hydrogen) atoms. The van der Waals surface area contributed by atoms with Gasteiger partial charge in [-0.25, -0.2) is 13.6 Å². The Balaban J connectivity index is 0.00000280. The van der Waals surface area contributed by atoms with E-state index in [2.05, 4.69) is 20.2 Å². The summed E-state index contributed by atoms with van der Waals surface area (Å²) >= 11 is 0. The maximum Gasteiger partial charge on any atom is 0.343 e. The molecule has 0 amide bonds. The SMILES string of the molecule is C[N+]1(C)CC=C(COC(=O)[C@](O)(c2ccccc2)[C@@H]2CCC(F)(F)C2)CC1.[Br-]. The summed E-state index contributed by atoms with van der Waals surface area (Å²) in [4.78, 5) is 12.9. The van der Waals surface area contributed by atoms with E-state index < -0.39 is 29.8 Å². The summed E-state index contributed by atoms with van der Waals surface area (Å²) in [6.07, 6.45) is 2.12. The highest BCUT2D eigenvalue weighted by atomic mass is 79.9. The highest BCUT2D eigenvalue weighted by molar-refractivity contribution is 5.81. The lowest BCUT2D eigenvalue weighted by Gasteiger charge is -2.34. The molecule has 1 saturated carbocycles. The van der Waals surface area contributed by atoms with Gasteiger partial charge in [0.25, 0.3) is 0 Å². The van der Waals surface area contributed by atoms with Crippen molar-refractivity contribution in [2.75, 3.05) is 33.8 Å². The van der Waals surface area contributed by atoms with E-state index in [9.17, 15) is 18.7 Å². The number of nitrogens with zero attached hydrogens (tertiary/aromatic N) is 1. The number of carbonyl (C=O) groups excluding carboxylic acids is 1. The smallest absolute Gasteiger partial charge is 0.343 e. The van der Waals surface area contributed by atoms with Crippen molar-refractivity contribution in [1.29, 1.82) is 0 Å². The number of carbonyl (C=O) groups is 1. The predicted octanol–water partition coefficient (Wildman–Crippen LogP) is 0.263. The highest BCUT2D eigenvalue weighted by Gasteiger charge is 2.54. The van der Waals surface area contributed by atoms with E-state index in [1.165, 1.54) is 0 Å². The van der Waals surface area contributed by atoms with Crippen molar-refractivity contribution in [2.24, 2.45) is 5.92 Å². The summed E-state index contributed by atoms with van der Waals surface area (Å²) < 4.78 is 33.9. The molecule has 1 heterocycles. The van der Waals surface area contributed by atoms with Gasteiger partial charge in [-0.2, -0.15) is 0 Å². The summed E-state index contributed by atoms with van der Waals surface area (Å²) in [6.45, 7) is 1.89. The van der Waals surface area contributed by atoms with Gasteiger partial charge in [-0.3, -0.25) is 0 Å². The van der Waals surface area contributed by atoms with Gasteiger partial charge in [0.1, 0.15) is 6.61 Å². The van der Waals surface area contributed by atoms with Gasteiger partial charge in [0, 0.05) is 25.2 Å². The largest absolute Gasteiger partial charge is 1.00 e. The zero-order valence-electron chi connectivity index (χ0n) is 16.3. The molecule has 0 saturated heterocycles. The average molecular weight is 460 g/mol. The first-order valence-corrected chi connectivity index (χ1v) is 9.45. The molecule has 3 rings (SSSR count). The molecule has 1 fully saturated rings. The third kappa shape index (κ3) is 4.99. The minimum Gasteiger partial charge on any atom is -1.00 e. The minimum atomic E-state index is -2.86. The van der Waals surface area contributed by atoms with Crippen LogP contribution in [0.2, 0.25) is 0 Å². The molecule has 1 aliphatic carbocycles. The van der Waals surface area contributed by atoms with Crippen LogP contribution in [0.15, 0.2) is 42.0 Å². The molecule has 1 aromatic carbocycles. The molecule has 1 aromatic rings. The van der Waals surface area contributed by atoms with E-state index in [4.69, 9.17) is 4.74 Å². The Hall–Kier alpha value is -1.31. The fourth-order valence-electron chi connectivity index (χ4n) is 3.93. The highest BCUT2D eigenvalue weighted by Crippen LogP contribution is 2.47. The first-order chi connectivity index (χ1) is 12.6.